The first-order valence-electron chi connectivity index (χ1n) is 7.41. The van der Waals surface area contributed by atoms with Crippen LogP contribution in [0.25, 0.3) is 5.52 Å². The van der Waals surface area contributed by atoms with Crippen molar-refractivity contribution in [1.29, 1.82) is 0 Å². The van der Waals surface area contributed by atoms with Crippen LogP contribution in [0.3, 0.4) is 0 Å². The molecule has 2 aromatic heterocycles. The second-order valence-electron chi connectivity index (χ2n) is 6.24. The molecule has 2 saturated heterocycles. The van der Waals surface area contributed by atoms with Gasteiger partial charge >= 0.3 is 0 Å². The van der Waals surface area contributed by atoms with E-state index in [1.54, 1.807) is 0 Å². The van der Waals surface area contributed by atoms with Crippen LogP contribution in [0.1, 0.15) is 31.3 Å². The van der Waals surface area contributed by atoms with Gasteiger partial charge in [0.1, 0.15) is 30.7 Å². The van der Waals surface area contributed by atoms with Crippen molar-refractivity contribution in [3.8, 4) is 0 Å². The zero-order chi connectivity index (χ0) is 15.5. The number of fused-ring (bicyclic) bond motifs is 2. The predicted molar refractivity (Wildman–Crippen MR) is 76.2 cm³/mol. The normalized spacial score (nSPS) is 33.5. The molecular formula is C15H19N3O4. The third kappa shape index (κ3) is 1.97. The van der Waals surface area contributed by atoms with Crippen LogP contribution in [0.4, 0.5) is 0 Å². The number of hydrogen-bond acceptors (Lipinski definition) is 6. The van der Waals surface area contributed by atoms with Crippen LogP contribution in [-0.2, 0) is 14.2 Å². The number of ether oxygens (including phenoxy) is 3. The van der Waals surface area contributed by atoms with E-state index in [-0.39, 0.29) is 24.9 Å². The van der Waals surface area contributed by atoms with Crippen molar-refractivity contribution in [1.82, 2.24) is 14.6 Å². The van der Waals surface area contributed by atoms with Gasteiger partial charge in [-0.05, 0) is 32.9 Å². The van der Waals surface area contributed by atoms with Gasteiger partial charge in [0.25, 0.3) is 0 Å². The lowest BCUT2D eigenvalue weighted by molar-refractivity contribution is -0.191. The van der Waals surface area contributed by atoms with E-state index < -0.39 is 11.9 Å². The molecule has 0 unspecified atom stereocenters. The summed E-state index contributed by atoms with van der Waals surface area (Å²) in [5, 5.41) is 13.9. The summed E-state index contributed by atoms with van der Waals surface area (Å²) in [6, 6.07) is 3.93. The largest absolute Gasteiger partial charge is 0.394 e. The van der Waals surface area contributed by atoms with E-state index in [1.165, 1.54) is 6.33 Å². The van der Waals surface area contributed by atoms with Crippen molar-refractivity contribution in [3.63, 3.8) is 0 Å². The Morgan fingerprint density at radius 2 is 2.05 bits per heavy atom. The van der Waals surface area contributed by atoms with Crippen molar-refractivity contribution in [2.24, 2.45) is 0 Å². The van der Waals surface area contributed by atoms with E-state index in [0.29, 0.717) is 0 Å². The van der Waals surface area contributed by atoms with Crippen molar-refractivity contribution in [2.45, 2.75) is 51.0 Å². The number of aliphatic hydroxyl groups is 1. The molecule has 1 N–H and O–H groups in total. The minimum Gasteiger partial charge on any atom is -0.394 e. The van der Waals surface area contributed by atoms with Gasteiger partial charge in [-0.3, -0.25) is 0 Å². The van der Waals surface area contributed by atoms with Gasteiger partial charge in [-0.2, -0.15) is 5.10 Å². The number of rotatable bonds is 2. The number of aromatic nitrogens is 3. The molecule has 2 aliphatic heterocycles. The van der Waals surface area contributed by atoms with Crippen LogP contribution in [-0.4, -0.2) is 50.4 Å². The Balaban J connectivity index is 1.77. The summed E-state index contributed by atoms with van der Waals surface area (Å²) < 4.78 is 19.7. The summed E-state index contributed by atoms with van der Waals surface area (Å²) in [5.41, 5.74) is 2.72. The molecule has 2 aromatic rings. The zero-order valence-electron chi connectivity index (χ0n) is 12.8. The number of hydrogen-bond donors (Lipinski definition) is 1. The topological polar surface area (TPSA) is 78.1 Å². The van der Waals surface area contributed by atoms with Gasteiger partial charge in [-0.1, -0.05) is 0 Å². The molecule has 22 heavy (non-hydrogen) atoms. The number of aliphatic hydroxyl groups excluding tert-OH is 1. The quantitative estimate of drug-likeness (QED) is 0.891. The molecule has 4 heterocycles. The highest BCUT2D eigenvalue weighted by molar-refractivity contribution is 5.52. The number of nitrogens with zero attached hydrogens (tertiary/aromatic N) is 3. The summed E-state index contributed by atoms with van der Waals surface area (Å²) >= 11 is 0. The standard InChI is InChI=1S/C15H19N3O4/c1-8-9-4-5-10(18(9)17-7-16-8)12-14-13(11(6-19)20-12)21-15(2,3)22-14/h4-5,7,11-14,19H,6H2,1-3H3/t11-,12+,13-,14+/m1/s1. The first-order chi connectivity index (χ1) is 10.5. The summed E-state index contributed by atoms with van der Waals surface area (Å²) in [5.74, 6) is -0.678. The lowest BCUT2D eigenvalue weighted by Gasteiger charge is -2.23. The fraction of sp³-hybridized carbons (Fsp3) is 0.600. The van der Waals surface area contributed by atoms with E-state index >= 15 is 0 Å². The van der Waals surface area contributed by atoms with E-state index in [2.05, 4.69) is 10.1 Å². The van der Waals surface area contributed by atoms with Crippen LogP contribution < -0.4 is 0 Å². The Labute approximate surface area is 127 Å². The molecule has 0 spiro atoms. The Morgan fingerprint density at radius 1 is 1.27 bits per heavy atom. The highest BCUT2D eigenvalue weighted by Crippen LogP contribution is 2.45. The highest BCUT2D eigenvalue weighted by Gasteiger charge is 2.55. The average Bonchev–Trinajstić information content (AvgIpc) is 3.10. The fourth-order valence-electron chi connectivity index (χ4n) is 3.36. The Bertz CT molecular complexity index is 714. The first kappa shape index (κ1) is 14.1. The Hall–Kier alpha value is -1.54. The predicted octanol–water partition coefficient (Wildman–Crippen LogP) is 0.990. The van der Waals surface area contributed by atoms with Crippen molar-refractivity contribution < 1.29 is 19.3 Å². The number of aryl methyl sites for hydroxylation is 1. The zero-order valence-corrected chi connectivity index (χ0v) is 12.8. The third-order valence-corrected chi connectivity index (χ3v) is 4.30. The maximum absolute atomic E-state index is 9.56. The van der Waals surface area contributed by atoms with E-state index in [4.69, 9.17) is 14.2 Å². The summed E-state index contributed by atoms with van der Waals surface area (Å²) in [4.78, 5) is 4.20. The molecule has 2 aliphatic rings. The van der Waals surface area contributed by atoms with Crippen LogP contribution in [0.5, 0.6) is 0 Å². The van der Waals surface area contributed by atoms with E-state index in [0.717, 1.165) is 16.9 Å². The maximum Gasteiger partial charge on any atom is 0.164 e. The molecule has 118 valence electrons. The molecule has 7 nitrogen and oxygen atoms in total. The van der Waals surface area contributed by atoms with Gasteiger partial charge in [0.2, 0.25) is 0 Å². The molecule has 0 amide bonds. The summed E-state index contributed by atoms with van der Waals surface area (Å²) in [6.07, 6.45) is 0.252. The van der Waals surface area contributed by atoms with Crippen LogP contribution in [0, 0.1) is 6.92 Å². The van der Waals surface area contributed by atoms with E-state index in [9.17, 15) is 5.11 Å². The molecule has 0 saturated carbocycles. The van der Waals surface area contributed by atoms with Crippen molar-refractivity contribution in [2.75, 3.05) is 6.61 Å². The van der Waals surface area contributed by atoms with Gasteiger partial charge < -0.3 is 19.3 Å². The second-order valence-corrected chi connectivity index (χ2v) is 6.24. The monoisotopic (exact) mass is 305 g/mol. The molecule has 4 rings (SSSR count). The lowest BCUT2D eigenvalue weighted by atomic mass is 10.1. The minimum absolute atomic E-state index is 0.103. The Morgan fingerprint density at radius 3 is 2.82 bits per heavy atom. The molecule has 7 heteroatoms. The average molecular weight is 305 g/mol. The van der Waals surface area contributed by atoms with Gasteiger partial charge in [0, 0.05) is 0 Å². The van der Waals surface area contributed by atoms with Crippen LogP contribution in [0.15, 0.2) is 18.5 Å². The molecule has 0 aromatic carbocycles. The fourth-order valence-corrected chi connectivity index (χ4v) is 3.36. The molecule has 4 atom stereocenters. The van der Waals surface area contributed by atoms with Gasteiger partial charge in [0.15, 0.2) is 5.79 Å². The van der Waals surface area contributed by atoms with E-state index in [1.807, 2.05) is 37.4 Å². The third-order valence-electron chi connectivity index (χ3n) is 4.30. The highest BCUT2D eigenvalue weighted by atomic mass is 16.8. The summed E-state index contributed by atoms with van der Waals surface area (Å²) in [7, 11) is 0. The summed E-state index contributed by atoms with van der Waals surface area (Å²) in [6.45, 7) is 5.58. The van der Waals surface area contributed by atoms with Gasteiger partial charge in [-0.15, -0.1) is 0 Å². The first-order valence-corrected chi connectivity index (χ1v) is 7.41. The molecule has 2 fully saturated rings. The molecular weight excluding hydrogens is 286 g/mol. The lowest BCUT2D eigenvalue weighted by Crippen LogP contribution is -2.31. The van der Waals surface area contributed by atoms with Crippen LogP contribution in [0.2, 0.25) is 0 Å². The smallest absolute Gasteiger partial charge is 0.164 e. The minimum atomic E-state index is -0.678. The second kappa shape index (κ2) is 4.73. The van der Waals surface area contributed by atoms with Crippen molar-refractivity contribution in [3.05, 3.63) is 29.8 Å². The maximum atomic E-state index is 9.56. The van der Waals surface area contributed by atoms with Gasteiger partial charge in [-0.25, -0.2) is 9.50 Å². The van der Waals surface area contributed by atoms with Crippen molar-refractivity contribution >= 4 is 5.52 Å². The van der Waals surface area contributed by atoms with Crippen LogP contribution >= 0.6 is 0 Å². The molecule has 0 aliphatic carbocycles. The molecule has 0 radical (unpaired) electrons. The SMILES string of the molecule is Cc1ncnn2c([C@@H]3O[C@H](CO)[C@H]4OC(C)(C)O[C@H]43)ccc12. The van der Waals surface area contributed by atoms with Gasteiger partial charge in [0.05, 0.1) is 23.5 Å². The molecule has 0 bridgehead atoms. The Kier molecular flexibility index (Phi) is 3.02.